The molecular weight excluding hydrogens is 126 g/mol. The largest absolute Gasteiger partial charge is 0.298 e. The SMILES string of the molecule is CCN1CCC[C@H]1C(C)=O. The third-order valence-electron chi connectivity index (χ3n) is 2.24. The minimum Gasteiger partial charge on any atom is -0.298 e. The lowest BCUT2D eigenvalue weighted by Crippen LogP contribution is -2.34. The van der Waals surface area contributed by atoms with Crippen molar-refractivity contribution in [3.05, 3.63) is 0 Å². The molecule has 1 aliphatic heterocycles. The number of carbonyl (C=O) groups excluding carboxylic acids is 1. The van der Waals surface area contributed by atoms with E-state index in [4.69, 9.17) is 0 Å². The Balaban J connectivity index is 2.50. The number of hydrogen-bond acceptors (Lipinski definition) is 2. The molecule has 0 spiro atoms. The first-order valence-corrected chi connectivity index (χ1v) is 4.00. The third-order valence-corrected chi connectivity index (χ3v) is 2.24. The highest BCUT2D eigenvalue weighted by Crippen LogP contribution is 2.16. The lowest BCUT2D eigenvalue weighted by Gasteiger charge is -2.19. The molecule has 0 aromatic carbocycles. The van der Waals surface area contributed by atoms with Crippen LogP contribution in [0, 0.1) is 0 Å². The Morgan fingerprint density at radius 2 is 2.40 bits per heavy atom. The smallest absolute Gasteiger partial charge is 0.146 e. The van der Waals surface area contributed by atoms with Gasteiger partial charge in [-0.2, -0.15) is 0 Å². The van der Waals surface area contributed by atoms with Crippen LogP contribution in [0.3, 0.4) is 0 Å². The van der Waals surface area contributed by atoms with Crippen LogP contribution in [-0.4, -0.2) is 29.8 Å². The van der Waals surface area contributed by atoms with Crippen molar-refractivity contribution in [1.29, 1.82) is 0 Å². The van der Waals surface area contributed by atoms with Gasteiger partial charge in [0.1, 0.15) is 5.78 Å². The van der Waals surface area contributed by atoms with Gasteiger partial charge >= 0.3 is 0 Å². The van der Waals surface area contributed by atoms with E-state index in [1.54, 1.807) is 6.92 Å². The van der Waals surface area contributed by atoms with Crippen LogP contribution in [0.1, 0.15) is 26.7 Å². The predicted molar refractivity (Wildman–Crippen MR) is 41.0 cm³/mol. The summed E-state index contributed by atoms with van der Waals surface area (Å²) < 4.78 is 0. The van der Waals surface area contributed by atoms with Crippen LogP contribution in [0.15, 0.2) is 0 Å². The van der Waals surface area contributed by atoms with Crippen LogP contribution in [-0.2, 0) is 4.79 Å². The van der Waals surface area contributed by atoms with Crippen molar-refractivity contribution in [2.45, 2.75) is 32.7 Å². The van der Waals surface area contributed by atoms with Crippen molar-refractivity contribution in [2.24, 2.45) is 0 Å². The Bertz CT molecular complexity index is 133. The monoisotopic (exact) mass is 141 g/mol. The van der Waals surface area contributed by atoms with Gasteiger partial charge in [0.05, 0.1) is 6.04 Å². The number of nitrogens with zero attached hydrogens (tertiary/aromatic N) is 1. The molecule has 1 saturated heterocycles. The number of likely N-dealkylation sites (N-methyl/N-ethyl adjacent to an activating group) is 1. The van der Waals surface area contributed by atoms with Gasteiger partial charge in [-0.25, -0.2) is 0 Å². The topological polar surface area (TPSA) is 20.3 Å². The summed E-state index contributed by atoms with van der Waals surface area (Å²) in [7, 11) is 0. The lowest BCUT2D eigenvalue weighted by molar-refractivity contribution is -0.121. The molecule has 0 unspecified atom stereocenters. The molecule has 0 aliphatic carbocycles. The molecule has 1 fully saturated rings. The first kappa shape index (κ1) is 7.73. The van der Waals surface area contributed by atoms with Gasteiger partial charge < -0.3 is 0 Å². The van der Waals surface area contributed by atoms with Gasteiger partial charge in [0, 0.05) is 0 Å². The van der Waals surface area contributed by atoms with Crippen LogP contribution < -0.4 is 0 Å². The summed E-state index contributed by atoms with van der Waals surface area (Å²) in [4.78, 5) is 13.2. The summed E-state index contributed by atoms with van der Waals surface area (Å²) in [5, 5.41) is 0. The molecule has 2 heteroatoms. The van der Waals surface area contributed by atoms with E-state index in [1.807, 2.05) is 0 Å². The van der Waals surface area contributed by atoms with Gasteiger partial charge in [0.15, 0.2) is 0 Å². The Labute approximate surface area is 62.2 Å². The maximum Gasteiger partial charge on any atom is 0.146 e. The van der Waals surface area contributed by atoms with Crippen LogP contribution in [0.4, 0.5) is 0 Å². The predicted octanol–water partition coefficient (Wildman–Crippen LogP) is 1.06. The molecule has 1 aliphatic rings. The maximum atomic E-state index is 11.0. The van der Waals surface area contributed by atoms with Crippen LogP contribution in [0.25, 0.3) is 0 Å². The summed E-state index contributed by atoms with van der Waals surface area (Å²) in [5.74, 6) is 0.333. The average Bonchev–Trinajstić information content (AvgIpc) is 2.33. The number of ketones is 1. The molecule has 0 bridgehead atoms. The molecule has 1 atom stereocenters. The van der Waals surface area contributed by atoms with Gasteiger partial charge in [-0.15, -0.1) is 0 Å². The highest BCUT2D eigenvalue weighted by atomic mass is 16.1. The molecule has 58 valence electrons. The van der Waals surface area contributed by atoms with Crippen LogP contribution >= 0.6 is 0 Å². The molecule has 1 rings (SSSR count). The van der Waals surface area contributed by atoms with Crippen molar-refractivity contribution in [1.82, 2.24) is 4.90 Å². The molecule has 0 amide bonds. The summed E-state index contributed by atoms with van der Waals surface area (Å²) in [6.45, 7) is 5.94. The molecular formula is C8H15NO. The number of likely N-dealkylation sites (tertiary alicyclic amines) is 1. The summed E-state index contributed by atoms with van der Waals surface area (Å²) >= 11 is 0. The lowest BCUT2D eigenvalue weighted by atomic mass is 10.1. The van der Waals surface area contributed by atoms with E-state index >= 15 is 0 Å². The summed E-state index contributed by atoms with van der Waals surface area (Å²) in [5.41, 5.74) is 0. The Morgan fingerprint density at radius 3 is 2.80 bits per heavy atom. The molecule has 0 radical (unpaired) electrons. The first-order valence-electron chi connectivity index (χ1n) is 4.00. The van der Waals surface area contributed by atoms with E-state index in [9.17, 15) is 4.79 Å². The van der Waals surface area contributed by atoms with Crippen LogP contribution in [0.5, 0.6) is 0 Å². The molecule has 1 heterocycles. The molecule has 10 heavy (non-hydrogen) atoms. The normalized spacial score (nSPS) is 27.2. The fourth-order valence-electron chi connectivity index (χ4n) is 1.67. The van der Waals surface area contributed by atoms with Crippen molar-refractivity contribution in [3.63, 3.8) is 0 Å². The minimum atomic E-state index is 0.241. The number of carbonyl (C=O) groups is 1. The molecule has 0 aromatic rings. The van der Waals surface area contributed by atoms with E-state index in [0.717, 1.165) is 19.5 Å². The molecule has 0 aromatic heterocycles. The van der Waals surface area contributed by atoms with Crippen molar-refractivity contribution >= 4 is 5.78 Å². The van der Waals surface area contributed by atoms with E-state index in [0.29, 0.717) is 5.78 Å². The molecule has 0 N–H and O–H groups in total. The summed E-state index contributed by atoms with van der Waals surface area (Å²) in [6.07, 6.45) is 2.27. The minimum absolute atomic E-state index is 0.241. The summed E-state index contributed by atoms with van der Waals surface area (Å²) in [6, 6.07) is 0.241. The highest BCUT2D eigenvalue weighted by Gasteiger charge is 2.25. The Morgan fingerprint density at radius 1 is 1.70 bits per heavy atom. The number of hydrogen-bond donors (Lipinski definition) is 0. The quantitative estimate of drug-likeness (QED) is 0.573. The van der Waals surface area contributed by atoms with Gasteiger partial charge in [-0.05, 0) is 32.9 Å². The van der Waals surface area contributed by atoms with E-state index in [2.05, 4.69) is 11.8 Å². The Hall–Kier alpha value is -0.370. The average molecular weight is 141 g/mol. The zero-order chi connectivity index (χ0) is 7.56. The van der Waals surface area contributed by atoms with Crippen molar-refractivity contribution in [3.8, 4) is 0 Å². The van der Waals surface area contributed by atoms with E-state index < -0.39 is 0 Å². The van der Waals surface area contributed by atoms with Crippen molar-refractivity contribution < 1.29 is 4.79 Å². The zero-order valence-electron chi connectivity index (χ0n) is 6.76. The second-order valence-electron chi connectivity index (χ2n) is 2.90. The van der Waals surface area contributed by atoms with Crippen molar-refractivity contribution in [2.75, 3.05) is 13.1 Å². The first-order chi connectivity index (χ1) is 4.75. The number of Topliss-reactive ketones (excluding diaryl/α,β-unsaturated/α-hetero) is 1. The standard InChI is InChI=1S/C8H15NO/c1-3-9-6-4-5-8(9)7(2)10/h8H,3-6H2,1-2H3/t8-/m0/s1. The van der Waals surface area contributed by atoms with E-state index in [1.165, 1.54) is 6.42 Å². The van der Waals surface area contributed by atoms with E-state index in [-0.39, 0.29) is 6.04 Å². The van der Waals surface area contributed by atoms with Gasteiger partial charge in [-0.3, -0.25) is 9.69 Å². The second-order valence-corrected chi connectivity index (χ2v) is 2.90. The number of rotatable bonds is 2. The highest BCUT2D eigenvalue weighted by molar-refractivity contribution is 5.81. The zero-order valence-corrected chi connectivity index (χ0v) is 6.76. The molecule has 2 nitrogen and oxygen atoms in total. The molecule has 0 saturated carbocycles. The third kappa shape index (κ3) is 1.37. The maximum absolute atomic E-state index is 11.0. The van der Waals surface area contributed by atoms with Gasteiger partial charge in [-0.1, -0.05) is 6.92 Å². The van der Waals surface area contributed by atoms with Gasteiger partial charge in [0.2, 0.25) is 0 Å². The fraction of sp³-hybridized carbons (Fsp3) is 0.875. The Kier molecular flexibility index (Phi) is 2.44. The van der Waals surface area contributed by atoms with Crippen LogP contribution in [0.2, 0.25) is 0 Å². The fourth-order valence-corrected chi connectivity index (χ4v) is 1.67. The van der Waals surface area contributed by atoms with Gasteiger partial charge in [0.25, 0.3) is 0 Å². The second kappa shape index (κ2) is 3.15.